The first-order chi connectivity index (χ1) is 19.1. The van der Waals surface area contributed by atoms with Gasteiger partial charge in [0.15, 0.2) is 11.5 Å². The van der Waals surface area contributed by atoms with Crippen LogP contribution < -0.4 is 5.32 Å². The molecule has 39 heavy (non-hydrogen) atoms. The molecule has 0 fully saturated rings. The fourth-order valence-corrected chi connectivity index (χ4v) is 4.95. The van der Waals surface area contributed by atoms with Gasteiger partial charge in [0.1, 0.15) is 5.03 Å². The Morgan fingerprint density at radius 1 is 0.897 bits per heavy atom. The zero-order chi connectivity index (χ0) is 27.2. The maximum Gasteiger partial charge on any atom is 0.338 e. The third-order valence-electron chi connectivity index (χ3n) is 5.95. The summed E-state index contributed by atoms with van der Waals surface area (Å²) in [5, 5.41) is 9.30. The fourth-order valence-electron chi connectivity index (χ4n) is 4.11. The zero-order valence-electron chi connectivity index (χ0n) is 21.6. The smallest absolute Gasteiger partial charge is 0.338 e. The van der Waals surface area contributed by atoms with Gasteiger partial charge in [-0.05, 0) is 49.7 Å². The molecule has 5 aromatic rings. The predicted octanol–water partition coefficient (Wildman–Crippen LogP) is 5.95. The molecule has 0 unspecified atom stereocenters. The van der Waals surface area contributed by atoms with Gasteiger partial charge in [-0.2, -0.15) is 5.10 Å². The minimum absolute atomic E-state index is 0.139. The van der Waals surface area contributed by atoms with Crippen LogP contribution in [0.3, 0.4) is 0 Å². The van der Waals surface area contributed by atoms with Gasteiger partial charge in [-0.15, -0.1) is 0 Å². The lowest BCUT2D eigenvalue weighted by atomic mass is 10.2. The molecule has 0 radical (unpaired) electrons. The van der Waals surface area contributed by atoms with Crippen LogP contribution in [-0.2, 0) is 16.0 Å². The van der Waals surface area contributed by atoms with Crippen LogP contribution in [0.4, 0.5) is 5.69 Å². The normalized spacial score (nSPS) is 10.9. The summed E-state index contributed by atoms with van der Waals surface area (Å²) in [6, 6.07) is 26.3. The van der Waals surface area contributed by atoms with Crippen LogP contribution in [0, 0.1) is 0 Å². The van der Waals surface area contributed by atoms with Crippen molar-refractivity contribution < 1.29 is 14.3 Å². The number of nitrogens with zero attached hydrogens (tertiary/aromatic N) is 4. The highest BCUT2D eigenvalue weighted by molar-refractivity contribution is 8.00. The van der Waals surface area contributed by atoms with Crippen molar-refractivity contribution in [3.63, 3.8) is 0 Å². The van der Waals surface area contributed by atoms with Gasteiger partial charge in [0.25, 0.3) is 0 Å². The Labute approximate surface area is 230 Å². The van der Waals surface area contributed by atoms with Crippen molar-refractivity contribution in [1.29, 1.82) is 0 Å². The first-order valence-electron chi connectivity index (χ1n) is 12.7. The van der Waals surface area contributed by atoms with Crippen molar-refractivity contribution in [2.24, 2.45) is 0 Å². The highest BCUT2D eigenvalue weighted by atomic mass is 32.2. The number of hydrogen-bond acceptors (Lipinski definition) is 7. The number of hydrogen-bond donors (Lipinski definition) is 1. The van der Waals surface area contributed by atoms with Gasteiger partial charge in [0.05, 0.1) is 34.7 Å². The van der Waals surface area contributed by atoms with E-state index in [0.717, 1.165) is 22.3 Å². The Morgan fingerprint density at radius 3 is 2.26 bits per heavy atom. The molecule has 1 amide bonds. The van der Waals surface area contributed by atoms with E-state index in [1.807, 2.05) is 72.3 Å². The van der Waals surface area contributed by atoms with Crippen molar-refractivity contribution in [1.82, 2.24) is 19.7 Å². The van der Waals surface area contributed by atoms with Crippen LogP contribution in [0.15, 0.2) is 90.0 Å². The molecule has 3 aromatic carbocycles. The first-order valence-corrected chi connectivity index (χ1v) is 13.7. The minimum Gasteiger partial charge on any atom is -0.462 e. The number of carbonyl (C=O) groups is 2. The summed E-state index contributed by atoms with van der Waals surface area (Å²) in [7, 11) is 0. The van der Waals surface area contributed by atoms with Gasteiger partial charge in [-0.3, -0.25) is 4.79 Å². The van der Waals surface area contributed by atoms with E-state index in [4.69, 9.17) is 19.8 Å². The molecule has 0 saturated carbocycles. The molecular weight excluding hydrogens is 510 g/mol. The van der Waals surface area contributed by atoms with E-state index in [0.29, 0.717) is 40.8 Å². The van der Waals surface area contributed by atoms with Crippen molar-refractivity contribution >= 4 is 40.4 Å². The average Bonchev–Trinajstić information content (AvgIpc) is 3.36. The van der Waals surface area contributed by atoms with Crippen molar-refractivity contribution in [2.75, 3.05) is 17.7 Å². The second-order valence-corrected chi connectivity index (χ2v) is 9.56. The molecule has 5 rings (SSSR count). The number of nitrogens with one attached hydrogen (secondary N) is 1. The molecule has 0 spiro atoms. The summed E-state index contributed by atoms with van der Waals surface area (Å²) in [6.07, 6.45) is 0.691. The van der Waals surface area contributed by atoms with Crippen LogP contribution >= 0.6 is 11.8 Å². The number of carbonyl (C=O) groups excluding carboxylic acids is 2. The second-order valence-electron chi connectivity index (χ2n) is 8.60. The summed E-state index contributed by atoms with van der Waals surface area (Å²) < 4.78 is 6.86. The van der Waals surface area contributed by atoms with Crippen LogP contribution in [0.5, 0.6) is 0 Å². The van der Waals surface area contributed by atoms with Crippen LogP contribution in [0.1, 0.15) is 29.9 Å². The summed E-state index contributed by atoms with van der Waals surface area (Å²) >= 11 is 1.35. The number of benzene rings is 3. The standard InChI is InChI=1S/C30H27N5O3S/c1-3-24-26-28(35(34-24)23-13-9-6-10-14-23)32-27(20-11-7-5-8-12-20)33-29(26)39-19-25(36)31-22-17-15-21(16-18-22)30(37)38-4-2/h5-18H,3-4,19H2,1-2H3,(H,31,36). The van der Waals surface area contributed by atoms with E-state index >= 15 is 0 Å². The minimum atomic E-state index is -0.393. The third kappa shape index (κ3) is 5.83. The van der Waals surface area contributed by atoms with Gasteiger partial charge < -0.3 is 10.1 Å². The summed E-state index contributed by atoms with van der Waals surface area (Å²) in [5.41, 5.74) is 4.38. The number of aryl methyl sites for hydroxylation is 1. The molecule has 0 aliphatic carbocycles. The number of fused-ring (bicyclic) bond motifs is 1. The molecule has 8 nitrogen and oxygen atoms in total. The maximum absolute atomic E-state index is 12.9. The Hall–Kier alpha value is -4.50. The monoisotopic (exact) mass is 537 g/mol. The molecule has 2 aromatic heterocycles. The quantitative estimate of drug-likeness (QED) is 0.141. The molecule has 2 heterocycles. The molecule has 9 heteroatoms. The Kier molecular flexibility index (Phi) is 7.98. The summed E-state index contributed by atoms with van der Waals surface area (Å²) in [6.45, 7) is 4.11. The molecule has 0 saturated heterocycles. The van der Waals surface area contributed by atoms with Gasteiger partial charge in [-0.1, -0.05) is 67.2 Å². The maximum atomic E-state index is 12.9. The molecule has 0 aliphatic rings. The van der Waals surface area contributed by atoms with Crippen LogP contribution in [-0.4, -0.2) is 44.0 Å². The lowest BCUT2D eigenvalue weighted by Crippen LogP contribution is -2.14. The molecule has 0 atom stereocenters. The number of para-hydroxylation sites is 1. The highest BCUT2D eigenvalue weighted by Gasteiger charge is 2.20. The number of esters is 1. The van der Waals surface area contributed by atoms with E-state index in [2.05, 4.69) is 5.32 Å². The van der Waals surface area contributed by atoms with Crippen molar-refractivity contribution in [3.05, 3.63) is 96.2 Å². The number of rotatable bonds is 9. The number of amides is 1. The SMILES string of the molecule is CCOC(=O)c1ccc(NC(=O)CSc2nc(-c3ccccc3)nc3c2c(CC)nn3-c2ccccc2)cc1. The van der Waals surface area contributed by atoms with E-state index in [1.54, 1.807) is 31.2 Å². The Bertz CT molecular complexity index is 1600. The molecule has 196 valence electrons. The second kappa shape index (κ2) is 11.9. The third-order valence-corrected chi connectivity index (χ3v) is 6.93. The Balaban J connectivity index is 1.45. The zero-order valence-corrected chi connectivity index (χ0v) is 22.4. The number of ether oxygens (including phenoxy) is 1. The van der Waals surface area contributed by atoms with Crippen molar-refractivity contribution in [2.45, 2.75) is 25.3 Å². The van der Waals surface area contributed by atoms with Crippen LogP contribution in [0.2, 0.25) is 0 Å². The lowest BCUT2D eigenvalue weighted by Gasteiger charge is -2.09. The van der Waals surface area contributed by atoms with Crippen LogP contribution in [0.25, 0.3) is 28.1 Å². The Morgan fingerprint density at radius 2 is 1.59 bits per heavy atom. The summed E-state index contributed by atoms with van der Waals surface area (Å²) in [5.74, 6) is 0.126. The lowest BCUT2D eigenvalue weighted by molar-refractivity contribution is -0.113. The largest absolute Gasteiger partial charge is 0.462 e. The van der Waals surface area contributed by atoms with Crippen molar-refractivity contribution in [3.8, 4) is 17.1 Å². The van der Waals surface area contributed by atoms with Gasteiger partial charge in [0.2, 0.25) is 5.91 Å². The summed E-state index contributed by atoms with van der Waals surface area (Å²) in [4.78, 5) is 34.6. The van der Waals surface area contributed by atoms with Gasteiger partial charge in [0, 0.05) is 11.3 Å². The van der Waals surface area contributed by atoms with Gasteiger partial charge >= 0.3 is 5.97 Å². The van der Waals surface area contributed by atoms with E-state index < -0.39 is 5.97 Å². The molecule has 0 aliphatic heterocycles. The van der Waals surface area contributed by atoms with E-state index in [1.165, 1.54) is 11.8 Å². The fraction of sp³-hybridized carbons (Fsp3) is 0.167. The molecular formula is C30H27N5O3S. The number of thioether (sulfide) groups is 1. The highest BCUT2D eigenvalue weighted by Crippen LogP contribution is 2.32. The topological polar surface area (TPSA) is 99.0 Å². The van der Waals surface area contributed by atoms with E-state index in [-0.39, 0.29) is 11.7 Å². The number of anilines is 1. The number of aromatic nitrogens is 4. The molecule has 1 N–H and O–H groups in total. The first kappa shape index (κ1) is 26.1. The molecule has 0 bridgehead atoms. The van der Waals surface area contributed by atoms with Gasteiger partial charge in [-0.25, -0.2) is 19.4 Å². The average molecular weight is 538 g/mol. The predicted molar refractivity (Wildman–Crippen MR) is 153 cm³/mol. The van der Waals surface area contributed by atoms with E-state index in [9.17, 15) is 9.59 Å².